The van der Waals surface area contributed by atoms with Crippen molar-refractivity contribution in [1.29, 1.82) is 0 Å². The molecule has 0 spiro atoms. The molecule has 0 bridgehead atoms. The van der Waals surface area contributed by atoms with Gasteiger partial charge < -0.3 is 5.32 Å². The summed E-state index contributed by atoms with van der Waals surface area (Å²) in [6, 6.07) is 6.81. The number of carbonyl (C=O) groups is 3. The Kier molecular flexibility index (Phi) is 4.71. The third-order valence-electron chi connectivity index (χ3n) is 3.80. The normalized spacial score (nSPS) is 13.3. The molecule has 0 radical (unpaired) electrons. The fraction of sp³-hybridized carbons (Fsp3) is 0.294. The van der Waals surface area contributed by atoms with Gasteiger partial charge >= 0.3 is 0 Å². The first-order chi connectivity index (χ1) is 11.6. The molecule has 1 aromatic heterocycles. The van der Waals surface area contributed by atoms with Crippen LogP contribution in [0.25, 0.3) is 0 Å². The lowest BCUT2D eigenvalue weighted by atomic mass is 10.1. The molecule has 6 nitrogen and oxygen atoms in total. The Morgan fingerprint density at radius 2 is 1.88 bits per heavy atom. The fourth-order valence-corrected chi connectivity index (χ4v) is 3.32. The van der Waals surface area contributed by atoms with Crippen molar-refractivity contribution in [1.82, 2.24) is 15.2 Å². The first-order valence-corrected chi connectivity index (χ1v) is 8.61. The topological polar surface area (TPSA) is 79.4 Å². The summed E-state index contributed by atoms with van der Waals surface area (Å²) in [5, 5.41) is 3.72. The number of rotatable bonds is 6. The molecule has 24 heavy (non-hydrogen) atoms. The number of hydrogen-bond acceptors (Lipinski definition) is 5. The summed E-state index contributed by atoms with van der Waals surface area (Å²) in [7, 11) is 0. The van der Waals surface area contributed by atoms with Gasteiger partial charge in [0.05, 0.1) is 22.3 Å². The van der Waals surface area contributed by atoms with Crippen molar-refractivity contribution >= 4 is 29.1 Å². The van der Waals surface area contributed by atoms with Gasteiger partial charge in [0.1, 0.15) is 4.88 Å². The number of nitrogens with one attached hydrogen (secondary N) is 1. The first-order valence-electron chi connectivity index (χ1n) is 7.80. The third-order valence-corrected chi connectivity index (χ3v) is 4.94. The Hall–Kier alpha value is -2.54. The second kappa shape index (κ2) is 6.92. The van der Waals surface area contributed by atoms with Crippen LogP contribution in [0.3, 0.4) is 0 Å². The van der Waals surface area contributed by atoms with Crippen LogP contribution >= 0.6 is 11.3 Å². The standard InChI is InChI=1S/C17H17N3O3S/c1-2-14-19-10-13(24-14)15(21)18-8-5-9-20-16(22)11-6-3-4-7-12(11)17(20)23/h3-4,6-7,10H,2,5,8-9H2,1H3,(H,18,21). The molecule has 0 saturated heterocycles. The zero-order valence-electron chi connectivity index (χ0n) is 13.2. The maximum atomic E-state index is 12.2. The van der Waals surface area contributed by atoms with E-state index >= 15 is 0 Å². The van der Waals surface area contributed by atoms with Crippen molar-refractivity contribution in [3.05, 3.63) is 51.5 Å². The van der Waals surface area contributed by atoms with Gasteiger partial charge in [0.2, 0.25) is 0 Å². The van der Waals surface area contributed by atoms with Crippen LogP contribution in [0.4, 0.5) is 0 Å². The summed E-state index contributed by atoms with van der Waals surface area (Å²) in [5.74, 6) is -0.705. The van der Waals surface area contributed by atoms with Crippen molar-refractivity contribution < 1.29 is 14.4 Å². The zero-order chi connectivity index (χ0) is 17.1. The molecule has 0 atom stereocenters. The fourth-order valence-electron chi connectivity index (χ4n) is 2.55. The van der Waals surface area contributed by atoms with Crippen molar-refractivity contribution in [3.63, 3.8) is 0 Å². The number of nitrogens with zero attached hydrogens (tertiary/aromatic N) is 2. The van der Waals surface area contributed by atoms with E-state index in [1.54, 1.807) is 30.5 Å². The van der Waals surface area contributed by atoms with E-state index in [2.05, 4.69) is 10.3 Å². The molecular formula is C17H17N3O3S. The van der Waals surface area contributed by atoms with E-state index in [0.29, 0.717) is 29.0 Å². The van der Waals surface area contributed by atoms with Crippen LogP contribution in [0, 0.1) is 0 Å². The number of fused-ring (bicyclic) bond motifs is 1. The Morgan fingerprint density at radius 3 is 2.46 bits per heavy atom. The Bertz CT molecular complexity index is 765. The lowest BCUT2D eigenvalue weighted by Crippen LogP contribution is -2.33. The number of thiazole rings is 1. The molecule has 0 aliphatic carbocycles. The van der Waals surface area contributed by atoms with Gasteiger partial charge in [-0.15, -0.1) is 11.3 Å². The lowest BCUT2D eigenvalue weighted by molar-refractivity contribution is 0.0653. The first kappa shape index (κ1) is 16.3. The van der Waals surface area contributed by atoms with E-state index in [1.807, 2.05) is 6.92 Å². The molecule has 1 N–H and O–H groups in total. The highest BCUT2D eigenvalue weighted by atomic mass is 32.1. The lowest BCUT2D eigenvalue weighted by Gasteiger charge is -2.13. The van der Waals surface area contributed by atoms with Crippen molar-refractivity contribution in [2.45, 2.75) is 19.8 Å². The van der Waals surface area contributed by atoms with Gasteiger partial charge in [-0.2, -0.15) is 0 Å². The van der Waals surface area contributed by atoms with Gasteiger partial charge in [-0.25, -0.2) is 4.98 Å². The molecule has 7 heteroatoms. The van der Waals surface area contributed by atoms with E-state index < -0.39 is 0 Å². The van der Waals surface area contributed by atoms with Gasteiger partial charge in [0.25, 0.3) is 17.7 Å². The van der Waals surface area contributed by atoms with Crippen LogP contribution in [-0.2, 0) is 6.42 Å². The van der Waals surface area contributed by atoms with Crippen molar-refractivity contribution in [2.75, 3.05) is 13.1 Å². The summed E-state index contributed by atoms with van der Waals surface area (Å²) in [6.07, 6.45) is 2.89. The number of aryl methyl sites for hydroxylation is 1. The van der Waals surface area contributed by atoms with E-state index in [4.69, 9.17) is 0 Å². The number of aromatic nitrogens is 1. The summed E-state index contributed by atoms with van der Waals surface area (Å²) in [5.41, 5.74) is 0.895. The maximum Gasteiger partial charge on any atom is 0.263 e. The SMILES string of the molecule is CCc1ncc(C(=O)NCCCN2C(=O)c3ccccc3C2=O)s1. The van der Waals surface area contributed by atoms with Crippen LogP contribution in [-0.4, -0.2) is 40.7 Å². The molecule has 1 aliphatic rings. The molecule has 1 aromatic carbocycles. The minimum Gasteiger partial charge on any atom is -0.351 e. The van der Waals surface area contributed by atoms with Crippen LogP contribution in [0.1, 0.15) is 48.7 Å². The molecule has 3 amide bonds. The Labute approximate surface area is 143 Å². The third kappa shape index (κ3) is 3.07. The number of benzene rings is 1. The van der Waals surface area contributed by atoms with E-state index in [1.165, 1.54) is 16.2 Å². The zero-order valence-corrected chi connectivity index (χ0v) is 14.1. The quantitative estimate of drug-likeness (QED) is 0.644. The van der Waals surface area contributed by atoms with E-state index in [9.17, 15) is 14.4 Å². The monoisotopic (exact) mass is 343 g/mol. The highest BCUT2D eigenvalue weighted by Gasteiger charge is 2.34. The Balaban J connectivity index is 1.50. The minimum absolute atomic E-state index is 0.172. The van der Waals surface area contributed by atoms with E-state index in [0.717, 1.165) is 11.4 Å². The molecule has 1 aliphatic heterocycles. The number of hydrogen-bond donors (Lipinski definition) is 1. The summed E-state index contributed by atoms with van der Waals surface area (Å²) < 4.78 is 0. The van der Waals surface area contributed by atoms with Gasteiger partial charge in [-0.3, -0.25) is 19.3 Å². The molecule has 3 rings (SSSR count). The van der Waals surface area contributed by atoms with Crippen LogP contribution in [0.5, 0.6) is 0 Å². The van der Waals surface area contributed by atoms with Gasteiger partial charge in [0, 0.05) is 13.1 Å². The predicted molar refractivity (Wildman–Crippen MR) is 90.3 cm³/mol. The van der Waals surface area contributed by atoms with Gasteiger partial charge in [-0.05, 0) is 25.0 Å². The summed E-state index contributed by atoms with van der Waals surface area (Å²) in [6.45, 7) is 2.67. The van der Waals surface area contributed by atoms with Crippen LogP contribution in [0.2, 0.25) is 0 Å². The number of carbonyl (C=O) groups excluding carboxylic acids is 3. The number of amides is 3. The molecule has 0 fully saturated rings. The molecular weight excluding hydrogens is 326 g/mol. The van der Waals surface area contributed by atoms with Gasteiger partial charge in [-0.1, -0.05) is 19.1 Å². The largest absolute Gasteiger partial charge is 0.351 e. The molecule has 0 saturated carbocycles. The summed E-state index contributed by atoms with van der Waals surface area (Å²) >= 11 is 1.37. The average Bonchev–Trinajstić information content (AvgIpc) is 3.17. The van der Waals surface area contributed by atoms with Crippen molar-refractivity contribution in [2.24, 2.45) is 0 Å². The number of imide groups is 1. The average molecular weight is 343 g/mol. The molecule has 2 heterocycles. The maximum absolute atomic E-state index is 12.2. The second-order valence-corrected chi connectivity index (χ2v) is 6.50. The molecule has 0 unspecified atom stereocenters. The smallest absolute Gasteiger partial charge is 0.263 e. The van der Waals surface area contributed by atoms with Crippen LogP contribution in [0.15, 0.2) is 30.5 Å². The molecule has 124 valence electrons. The Morgan fingerprint density at radius 1 is 1.21 bits per heavy atom. The minimum atomic E-state index is -0.267. The molecule has 2 aromatic rings. The van der Waals surface area contributed by atoms with Crippen molar-refractivity contribution in [3.8, 4) is 0 Å². The highest BCUT2D eigenvalue weighted by Crippen LogP contribution is 2.22. The van der Waals surface area contributed by atoms with Gasteiger partial charge in [0.15, 0.2) is 0 Å². The van der Waals surface area contributed by atoms with Crippen LogP contribution < -0.4 is 5.32 Å². The summed E-state index contributed by atoms with van der Waals surface area (Å²) in [4.78, 5) is 42.4. The highest BCUT2D eigenvalue weighted by molar-refractivity contribution is 7.13. The predicted octanol–water partition coefficient (Wildman–Crippen LogP) is 2.12. The van der Waals surface area contributed by atoms with E-state index in [-0.39, 0.29) is 24.3 Å². The second-order valence-electron chi connectivity index (χ2n) is 5.39.